The monoisotopic (exact) mass is 321 g/mol. The normalized spacial score (nSPS) is 10.6. The molecule has 0 fully saturated rings. The van der Waals surface area contributed by atoms with Crippen LogP contribution >= 0.6 is 23.6 Å². The Morgan fingerprint density at radius 3 is 2.71 bits per heavy atom. The van der Waals surface area contributed by atoms with E-state index in [-0.39, 0.29) is 0 Å². The zero-order valence-corrected chi connectivity index (χ0v) is 13.9. The van der Waals surface area contributed by atoms with Gasteiger partial charge in [0.05, 0.1) is 17.9 Å². The van der Waals surface area contributed by atoms with E-state index in [2.05, 4.69) is 28.6 Å². The molecule has 0 saturated heterocycles. The third-order valence-electron chi connectivity index (χ3n) is 3.23. The van der Waals surface area contributed by atoms with E-state index in [0.29, 0.717) is 17.5 Å². The molecule has 2 aromatic heterocycles. The van der Waals surface area contributed by atoms with Gasteiger partial charge in [-0.15, -0.1) is 16.4 Å². The first-order chi connectivity index (χ1) is 10.2. The molecule has 0 saturated carbocycles. The minimum absolute atomic E-state index is 0.322. The number of aryl methyl sites for hydroxylation is 1. The Bertz CT molecular complexity index is 612. The van der Waals surface area contributed by atoms with E-state index >= 15 is 0 Å². The lowest BCUT2D eigenvalue weighted by Gasteiger charge is -2.14. The van der Waals surface area contributed by atoms with Crippen LogP contribution in [0.25, 0.3) is 0 Å². The van der Waals surface area contributed by atoms with E-state index < -0.39 is 0 Å². The highest BCUT2D eigenvalue weighted by atomic mass is 32.1. The Labute approximate surface area is 134 Å². The lowest BCUT2D eigenvalue weighted by Crippen LogP contribution is -2.19. The summed E-state index contributed by atoms with van der Waals surface area (Å²) in [5.41, 5.74) is 8.59. The highest BCUT2D eigenvalue weighted by Gasteiger charge is 2.17. The zero-order valence-electron chi connectivity index (χ0n) is 12.3. The molecule has 0 radical (unpaired) electrons. The molecule has 2 aromatic rings. The third kappa shape index (κ3) is 3.77. The Balaban J connectivity index is 2.20. The van der Waals surface area contributed by atoms with Gasteiger partial charge in [0, 0.05) is 11.3 Å². The van der Waals surface area contributed by atoms with E-state index in [1.807, 2.05) is 13.0 Å². The summed E-state index contributed by atoms with van der Waals surface area (Å²) in [6.45, 7) is 4.65. The molecule has 0 aliphatic rings. The van der Waals surface area contributed by atoms with Crippen molar-refractivity contribution in [3.8, 4) is 5.88 Å². The number of rotatable bonds is 7. The predicted molar refractivity (Wildman–Crippen MR) is 90.2 cm³/mol. The van der Waals surface area contributed by atoms with Gasteiger partial charge >= 0.3 is 0 Å². The second-order valence-corrected chi connectivity index (χ2v) is 6.03. The van der Waals surface area contributed by atoms with Gasteiger partial charge in [-0.25, -0.2) is 0 Å². The first-order valence-electron chi connectivity index (χ1n) is 7.00. The maximum Gasteiger partial charge on any atom is 0.244 e. The average molecular weight is 321 g/mol. The molecule has 6 heteroatoms. The predicted octanol–water partition coefficient (Wildman–Crippen LogP) is 2.92. The van der Waals surface area contributed by atoms with Crippen molar-refractivity contribution in [2.24, 2.45) is 5.73 Å². The van der Waals surface area contributed by atoms with Crippen molar-refractivity contribution in [2.75, 3.05) is 6.61 Å². The summed E-state index contributed by atoms with van der Waals surface area (Å²) >= 11 is 6.89. The quantitative estimate of drug-likeness (QED) is 0.795. The van der Waals surface area contributed by atoms with Crippen LogP contribution in [0.3, 0.4) is 0 Å². The SMILES string of the molecule is CCc1nnc(OCCc2cccs2)c(C(N)=S)c1CC. The van der Waals surface area contributed by atoms with Crippen molar-refractivity contribution in [1.82, 2.24) is 10.2 Å². The summed E-state index contributed by atoms with van der Waals surface area (Å²) in [7, 11) is 0. The Hall–Kier alpha value is -1.53. The Kier molecular flexibility index (Phi) is 5.64. The van der Waals surface area contributed by atoms with Gasteiger partial charge < -0.3 is 10.5 Å². The first kappa shape index (κ1) is 15.9. The number of hydrogen-bond acceptors (Lipinski definition) is 5. The number of thiophene rings is 1. The second kappa shape index (κ2) is 7.47. The van der Waals surface area contributed by atoms with Gasteiger partial charge in [0.15, 0.2) is 0 Å². The number of hydrogen-bond donors (Lipinski definition) is 1. The van der Waals surface area contributed by atoms with E-state index in [1.54, 1.807) is 11.3 Å². The van der Waals surface area contributed by atoms with Gasteiger partial charge in [-0.05, 0) is 29.9 Å². The zero-order chi connectivity index (χ0) is 15.2. The molecule has 0 spiro atoms. The maximum absolute atomic E-state index is 5.87. The third-order valence-corrected chi connectivity index (χ3v) is 4.37. The molecule has 0 aliphatic heterocycles. The van der Waals surface area contributed by atoms with E-state index in [9.17, 15) is 0 Å². The topological polar surface area (TPSA) is 61.0 Å². The molecule has 0 bridgehead atoms. The Morgan fingerprint density at radius 2 is 2.14 bits per heavy atom. The summed E-state index contributed by atoms with van der Waals surface area (Å²) in [5.74, 6) is 0.452. The fraction of sp³-hybridized carbons (Fsp3) is 0.400. The van der Waals surface area contributed by atoms with E-state index in [0.717, 1.165) is 36.1 Å². The fourth-order valence-electron chi connectivity index (χ4n) is 2.21. The molecule has 0 amide bonds. The van der Waals surface area contributed by atoms with Crippen molar-refractivity contribution in [3.63, 3.8) is 0 Å². The van der Waals surface area contributed by atoms with Gasteiger partial charge in [0.2, 0.25) is 5.88 Å². The van der Waals surface area contributed by atoms with Crippen LogP contribution < -0.4 is 10.5 Å². The minimum atomic E-state index is 0.322. The standard InChI is InChI=1S/C15H19N3OS2/c1-3-11-12(4-2)17-18-15(13(11)14(16)20)19-8-7-10-6-5-9-21-10/h5-6,9H,3-4,7-8H2,1-2H3,(H2,16,20). The van der Waals surface area contributed by atoms with Gasteiger partial charge in [0.1, 0.15) is 4.99 Å². The number of aromatic nitrogens is 2. The molecule has 0 atom stereocenters. The number of thiocarbonyl (C=S) groups is 1. The summed E-state index contributed by atoms with van der Waals surface area (Å²) in [6, 6.07) is 4.12. The summed E-state index contributed by atoms with van der Waals surface area (Å²) in [4.78, 5) is 1.60. The highest BCUT2D eigenvalue weighted by Crippen LogP contribution is 2.23. The minimum Gasteiger partial charge on any atom is -0.476 e. The molecular weight excluding hydrogens is 302 g/mol. The van der Waals surface area contributed by atoms with Gasteiger partial charge in [-0.2, -0.15) is 5.10 Å². The van der Waals surface area contributed by atoms with Crippen molar-refractivity contribution < 1.29 is 4.74 Å². The maximum atomic E-state index is 5.87. The van der Waals surface area contributed by atoms with Crippen LogP contribution in [0.1, 0.15) is 35.5 Å². The van der Waals surface area contributed by atoms with E-state index in [4.69, 9.17) is 22.7 Å². The molecule has 2 N–H and O–H groups in total. The van der Waals surface area contributed by atoms with Crippen molar-refractivity contribution in [2.45, 2.75) is 33.1 Å². The van der Waals surface area contributed by atoms with Crippen LogP contribution in [0.5, 0.6) is 5.88 Å². The number of nitrogens with two attached hydrogens (primary N) is 1. The van der Waals surface area contributed by atoms with Crippen LogP contribution in [0.15, 0.2) is 17.5 Å². The van der Waals surface area contributed by atoms with Crippen LogP contribution in [0, 0.1) is 0 Å². The van der Waals surface area contributed by atoms with Crippen molar-refractivity contribution in [1.29, 1.82) is 0 Å². The van der Waals surface area contributed by atoms with Crippen LogP contribution in [0.4, 0.5) is 0 Å². The molecular formula is C15H19N3OS2. The molecule has 2 rings (SSSR count). The van der Waals surface area contributed by atoms with Crippen LogP contribution in [-0.4, -0.2) is 21.8 Å². The van der Waals surface area contributed by atoms with E-state index in [1.165, 1.54) is 4.88 Å². The fourth-order valence-corrected chi connectivity index (χ4v) is 3.11. The number of ether oxygens (including phenoxy) is 1. The molecule has 112 valence electrons. The molecule has 21 heavy (non-hydrogen) atoms. The van der Waals surface area contributed by atoms with Gasteiger partial charge in [0.25, 0.3) is 0 Å². The van der Waals surface area contributed by atoms with Crippen molar-refractivity contribution in [3.05, 3.63) is 39.2 Å². The lowest BCUT2D eigenvalue weighted by molar-refractivity contribution is 0.305. The van der Waals surface area contributed by atoms with Crippen LogP contribution in [-0.2, 0) is 19.3 Å². The van der Waals surface area contributed by atoms with Crippen molar-refractivity contribution >= 4 is 28.5 Å². The number of nitrogens with zero attached hydrogens (tertiary/aromatic N) is 2. The summed E-state index contributed by atoms with van der Waals surface area (Å²) in [6.07, 6.45) is 2.46. The summed E-state index contributed by atoms with van der Waals surface area (Å²) < 4.78 is 5.78. The average Bonchev–Trinajstić information content (AvgIpc) is 2.99. The van der Waals surface area contributed by atoms with Crippen LogP contribution in [0.2, 0.25) is 0 Å². The molecule has 0 aliphatic carbocycles. The van der Waals surface area contributed by atoms with Gasteiger partial charge in [-0.1, -0.05) is 32.1 Å². The summed E-state index contributed by atoms with van der Waals surface area (Å²) in [5, 5.41) is 10.5. The lowest BCUT2D eigenvalue weighted by atomic mass is 10.0. The largest absolute Gasteiger partial charge is 0.476 e. The second-order valence-electron chi connectivity index (χ2n) is 4.55. The molecule has 2 heterocycles. The Morgan fingerprint density at radius 1 is 1.33 bits per heavy atom. The first-order valence-corrected chi connectivity index (χ1v) is 8.29. The molecule has 0 unspecified atom stereocenters. The molecule has 0 aromatic carbocycles. The van der Waals surface area contributed by atoms with Gasteiger partial charge in [-0.3, -0.25) is 0 Å². The highest BCUT2D eigenvalue weighted by molar-refractivity contribution is 7.80. The smallest absolute Gasteiger partial charge is 0.244 e. The molecule has 4 nitrogen and oxygen atoms in total.